The van der Waals surface area contributed by atoms with E-state index in [1.54, 1.807) is 6.07 Å². The van der Waals surface area contributed by atoms with Crippen LogP contribution in [-0.4, -0.2) is 23.2 Å². The Labute approximate surface area is 112 Å². The zero-order valence-electron chi connectivity index (χ0n) is 10.4. The molecule has 100 valence electrons. The Kier molecular flexibility index (Phi) is 2.64. The van der Waals surface area contributed by atoms with Crippen LogP contribution >= 0.6 is 0 Å². The van der Waals surface area contributed by atoms with E-state index in [9.17, 15) is 14.7 Å². The minimum atomic E-state index is -0.659. The molecule has 2 aliphatic rings. The van der Waals surface area contributed by atoms with Crippen molar-refractivity contribution in [3.05, 3.63) is 46.1 Å². The van der Waals surface area contributed by atoms with Crippen molar-refractivity contribution < 1.29 is 19.1 Å². The molecule has 0 aromatic heterocycles. The number of fused-ring (bicyclic) bond motifs is 2. The maximum Gasteiger partial charge on any atom is 0.340 e. The monoisotopic (exact) mass is 271 g/mol. The van der Waals surface area contributed by atoms with Gasteiger partial charge in [0, 0.05) is 18.2 Å². The Hall–Kier alpha value is -2.89. The van der Waals surface area contributed by atoms with Gasteiger partial charge in [-0.05, 0) is 12.1 Å². The highest BCUT2D eigenvalue weighted by Crippen LogP contribution is 2.28. The number of carbonyl (C=O) groups is 1. The van der Waals surface area contributed by atoms with Gasteiger partial charge in [-0.15, -0.1) is 0 Å². The molecule has 1 N–H and O–H groups in total. The molecule has 0 atom stereocenters. The van der Waals surface area contributed by atoms with E-state index in [1.165, 1.54) is 25.3 Å². The molecular weight excluding hydrogens is 262 g/mol. The van der Waals surface area contributed by atoms with Gasteiger partial charge in [0.2, 0.25) is 0 Å². The van der Waals surface area contributed by atoms with Crippen LogP contribution in [-0.2, 0) is 4.74 Å². The van der Waals surface area contributed by atoms with Gasteiger partial charge in [-0.2, -0.15) is 0 Å². The Morgan fingerprint density at radius 1 is 1.30 bits per heavy atom. The van der Waals surface area contributed by atoms with Crippen molar-refractivity contribution in [2.75, 3.05) is 7.11 Å². The number of methoxy groups -OCH3 is 1. The summed E-state index contributed by atoms with van der Waals surface area (Å²) >= 11 is 0. The fourth-order valence-corrected chi connectivity index (χ4v) is 1.96. The van der Waals surface area contributed by atoms with Crippen LogP contribution in [0.2, 0.25) is 0 Å². The molecule has 1 aromatic rings. The summed E-state index contributed by atoms with van der Waals surface area (Å²) in [5.74, 6) is -0.474. The summed E-state index contributed by atoms with van der Waals surface area (Å²) < 4.78 is 10.1. The Bertz CT molecular complexity index is 852. The summed E-state index contributed by atoms with van der Waals surface area (Å²) in [6.07, 6.45) is 0. The second-order valence-electron chi connectivity index (χ2n) is 4.18. The molecule has 6 heteroatoms. The molecule has 1 aliphatic heterocycles. The lowest BCUT2D eigenvalue weighted by atomic mass is 10.1. The van der Waals surface area contributed by atoms with Crippen molar-refractivity contribution >= 4 is 17.1 Å². The van der Waals surface area contributed by atoms with E-state index in [0.717, 1.165) is 6.07 Å². The molecule has 1 aromatic carbocycles. The van der Waals surface area contributed by atoms with Crippen LogP contribution in [0.25, 0.3) is 22.6 Å². The average Bonchev–Trinajstić information content (AvgIpc) is 2.43. The van der Waals surface area contributed by atoms with Crippen LogP contribution in [0.5, 0.6) is 5.75 Å². The highest BCUT2D eigenvalue weighted by Gasteiger charge is 2.20. The predicted molar refractivity (Wildman–Crippen MR) is 69.9 cm³/mol. The van der Waals surface area contributed by atoms with E-state index < -0.39 is 5.97 Å². The van der Waals surface area contributed by atoms with E-state index in [2.05, 4.69) is 9.72 Å². The van der Waals surface area contributed by atoms with Crippen LogP contribution in [0.15, 0.2) is 39.5 Å². The molecule has 0 bridgehead atoms. The number of rotatable bonds is 1. The molecule has 0 radical (unpaired) electrons. The largest absolute Gasteiger partial charge is 0.508 e. The molecule has 0 fully saturated rings. The van der Waals surface area contributed by atoms with Crippen LogP contribution in [0.4, 0.5) is 0 Å². The van der Waals surface area contributed by atoms with Gasteiger partial charge in [-0.1, -0.05) is 0 Å². The normalized spacial score (nSPS) is 10.8. The minimum absolute atomic E-state index is 0.0221. The molecule has 0 spiro atoms. The number of nitrogens with zero attached hydrogens (tertiary/aromatic N) is 1. The van der Waals surface area contributed by atoms with E-state index in [-0.39, 0.29) is 28.2 Å². The maximum absolute atomic E-state index is 11.7. The maximum atomic E-state index is 11.7. The van der Waals surface area contributed by atoms with E-state index >= 15 is 0 Å². The zero-order chi connectivity index (χ0) is 14.3. The third-order valence-corrected chi connectivity index (χ3v) is 2.85. The molecule has 1 heterocycles. The number of phenols is 1. The fourth-order valence-electron chi connectivity index (χ4n) is 1.96. The molecule has 0 amide bonds. The predicted octanol–water partition coefficient (Wildman–Crippen LogP) is 1.78. The van der Waals surface area contributed by atoms with Crippen LogP contribution in [0, 0.1) is 0 Å². The summed E-state index contributed by atoms with van der Waals surface area (Å²) in [7, 11) is 1.22. The first-order valence-corrected chi connectivity index (χ1v) is 5.74. The number of carbonyl (C=O) groups excluding carboxylic acids is 1. The summed E-state index contributed by atoms with van der Waals surface area (Å²) in [5, 5.41) is 9.41. The summed E-state index contributed by atoms with van der Waals surface area (Å²) in [4.78, 5) is 27.6. The minimum Gasteiger partial charge on any atom is -0.508 e. The summed E-state index contributed by atoms with van der Waals surface area (Å²) in [5.41, 5.74) is 0.685. The topological polar surface area (TPSA) is 89.6 Å². The third-order valence-electron chi connectivity index (χ3n) is 2.85. The lowest BCUT2D eigenvalue weighted by molar-refractivity contribution is 0.0601. The summed E-state index contributed by atoms with van der Waals surface area (Å²) in [6, 6.07) is 6.79. The molecule has 6 nitrogen and oxygen atoms in total. The molecular formula is C14H9NO5. The van der Waals surface area contributed by atoms with Gasteiger partial charge in [-0.25, -0.2) is 9.78 Å². The average molecular weight is 271 g/mol. The molecule has 0 unspecified atom stereocenters. The third kappa shape index (κ3) is 1.87. The first-order chi connectivity index (χ1) is 9.58. The van der Waals surface area contributed by atoms with Gasteiger partial charge < -0.3 is 14.3 Å². The van der Waals surface area contributed by atoms with Crippen LogP contribution in [0.3, 0.4) is 0 Å². The number of ether oxygens (including phenoxy) is 1. The number of aromatic hydroxyl groups is 1. The number of benzene rings is 2. The first-order valence-electron chi connectivity index (χ1n) is 5.74. The van der Waals surface area contributed by atoms with Crippen LogP contribution < -0.4 is 5.43 Å². The van der Waals surface area contributed by atoms with Gasteiger partial charge in [-0.3, -0.25) is 4.79 Å². The highest BCUT2D eigenvalue weighted by atomic mass is 16.5. The smallest absolute Gasteiger partial charge is 0.340 e. The first kappa shape index (κ1) is 12.2. The quantitative estimate of drug-likeness (QED) is 0.536. The van der Waals surface area contributed by atoms with Gasteiger partial charge in [0.05, 0.1) is 12.7 Å². The van der Waals surface area contributed by atoms with Crippen LogP contribution in [0.1, 0.15) is 10.4 Å². The number of hydrogen-bond acceptors (Lipinski definition) is 6. The molecule has 20 heavy (non-hydrogen) atoms. The molecule has 0 saturated carbocycles. The second-order valence-corrected chi connectivity index (χ2v) is 4.18. The lowest BCUT2D eigenvalue weighted by Crippen LogP contribution is -2.11. The van der Waals surface area contributed by atoms with Gasteiger partial charge in [0.25, 0.3) is 0 Å². The summed E-state index contributed by atoms with van der Waals surface area (Å²) in [6.45, 7) is 0. The lowest BCUT2D eigenvalue weighted by Gasteiger charge is -2.09. The van der Waals surface area contributed by atoms with Gasteiger partial charge in [0.1, 0.15) is 17.0 Å². The Morgan fingerprint density at radius 3 is 2.85 bits per heavy atom. The SMILES string of the molecule is COC(=O)c1cc(=O)cc2oc3cc(O)ccc3nc1-2. The van der Waals surface area contributed by atoms with Gasteiger partial charge in [0.15, 0.2) is 16.8 Å². The Morgan fingerprint density at radius 2 is 2.10 bits per heavy atom. The van der Waals surface area contributed by atoms with E-state index in [4.69, 9.17) is 4.42 Å². The number of hydrogen-bond donors (Lipinski definition) is 1. The second kappa shape index (κ2) is 4.34. The number of phenolic OH excluding ortho intramolecular Hbond substituents is 1. The van der Waals surface area contributed by atoms with Crippen molar-refractivity contribution in [2.24, 2.45) is 0 Å². The fraction of sp³-hybridized carbons (Fsp3) is 0.0714. The van der Waals surface area contributed by atoms with E-state index in [1.807, 2.05) is 0 Å². The van der Waals surface area contributed by atoms with Crippen molar-refractivity contribution in [1.82, 2.24) is 4.98 Å². The van der Waals surface area contributed by atoms with Crippen molar-refractivity contribution in [3.63, 3.8) is 0 Å². The van der Waals surface area contributed by atoms with Crippen molar-refractivity contribution in [1.29, 1.82) is 0 Å². The number of esters is 1. The standard InChI is InChI=1S/C14H9NO5/c1-19-14(18)9-4-8(17)6-12-13(9)15-10-3-2-7(16)5-11(10)20-12/h2-6,16H,1H3. The molecule has 1 aliphatic carbocycles. The molecule has 3 rings (SSSR count). The molecule has 0 saturated heterocycles. The Balaban J connectivity index is 2.41. The number of aromatic nitrogens is 1. The van der Waals surface area contributed by atoms with Crippen molar-refractivity contribution in [3.8, 4) is 17.2 Å². The van der Waals surface area contributed by atoms with Gasteiger partial charge >= 0.3 is 5.97 Å². The highest BCUT2D eigenvalue weighted by molar-refractivity contribution is 5.96. The van der Waals surface area contributed by atoms with E-state index in [0.29, 0.717) is 11.1 Å². The zero-order valence-corrected chi connectivity index (χ0v) is 10.4. The van der Waals surface area contributed by atoms with Crippen molar-refractivity contribution in [2.45, 2.75) is 0 Å².